The summed E-state index contributed by atoms with van der Waals surface area (Å²) in [6, 6.07) is 8.13. The van der Waals surface area contributed by atoms with Gasteiger partial charge in [0.25, 0.3) is 0 Å². The number of hydrazone groups is 1. The number of thiocarbonyl (C=S) groups is 1. The first-order chi connectivity index (χ1) is 11.8. The molecule has 1 fully saturated rings. The molecule has 0 unspecified atom stereocenters. The molecule has 0 radical (unpaired) electrons. The van der Waals surface area contributed by atoms with E-state index in [0.29, 0.717) is 5.11 Å². The van der Waals surface area contributed by atoms with E-state index in [9.17, 15) is 0 Å². The zero-order chi connectivity index (χ0) is 16.6. The molecule has 128 valence electrons. The summed E-state index contributed by atoms with van der Waals surface area (Å²) in [5, 5.41) is 9.08. The highest BCUT2D eigenvalue weighted by molar-refractivity contribution is 7.80. The number of ether oxygens (including phenoxy) is 1. The average Bonchev–Trinajstić information content (AvgIpc) is 3.03. The third-order valence-electron chi connectivity index (χ3n) is 4.03. The lowest BCUT2D eigenvalue weighted by molar-refractivity contribution is 0.0376. The minimum atomic E-state index is 0.549. The summed E-state index contributed by atoms with van der Waals surface area (Å²) in [6.07, 6.45) is 4.77. The van der Waals surface area contributed by atoms with Crippen LogP contribution in [0, 0.1) is 0 Å². The fourth-order valence-corrected chi connectivity index (χ4v) is 2.88. The first-order valence-corrected chi connectivity index (χ1v) is 8.67. The maximum atomic E-state index is 5.34. The highest BCUT2D eigenvalue weighted by atomic mass is 32.1. The van der Waals surface area contributed by atoms with Gasteiger partial charge in [0.1, 0.15) is 0 Å². The van der Waals surface area contributed by atoms with E-state index >= 15 is 0 Å². The van der Waals surface area contributed by atoms with E-state index in [1.165, 1.54) is 0 Å². The van der Waals surface area contributed by atoms with Crippen LogP contribution in [-0.4, -0.2) is 60.6 Å². The topological polar surface area (TPSA) is 64.7 Å². The van der Waals surface area contributed by atoms with Crippen LogP contribution >= 0.6 is 12.2 Å². The van der Waals surface area contributed by atoms with Crippen LogP contribution in [-0.2, 0) is 4.74 Å². The second-order valence-electron chi connectivity index (χ2n) is 5.72. The Morgan fingerprint density at radius 2 is 2.17 bits per heavy atom. The largest absolute Gasteiger partial charge is 0.379 e. The summed E-state index contributed by atoms with van der Waals surface area (Å²) in [6.45, 7) is 5.64. The number of hydrogen-bond donors (Lipinski definition) is 3. The number of nitrogens with zero attached hydrogens (tertiary/aromatic N) is 2. The lowest BCUT2D eigenvalue weighted by Crippen LogP contribution is -2.39. The molecule has 0 saturated carbocycles. The van der Waals surface area contributed by atoms with Gasteiger partial charge in [0.05, 0.1) is 19.4 Å². The lowest BCUT2D eigenvalue weighted by atomic mass is 10.2. The van der Waals surface area contributed by atoms with Crippen LogP contribution < -0.4 is 10.7 Å². The van der Waals surface area contributed by atoms with Crippen molar-refractivity contribution in [2.75, 3.05) is 39.4 Å². The van der Waals surface area contributed by atoms with Crippen LogP contribution in [0.3, 0.4) is 0 Å². The van der Waals surface area contributed by atoms with Crippen LogP contribution in [0.25, 0.3) is 10.9 Å². The molecule has 1 saturated heterocycles. The third-order valence-corrected chi connectivity index (χ3v) is 4.27. The maximum absolute atomic E-state index is 5.34. The van der Waals surface area contributed by atoms with Crippen LogP contribution in [0.15, 0.2) is 35.6 Å². The summed E-state index contributed by atoms with van der Waals surface area (Å²) in [5.74, 6) is 0. The zero-order valence-corrected chi connectivity index (χ0v) is 14.4. The predicted octanol–water partition coefficient (Wildman–Crippen LogP) is 1.69. The Kier molecular flexibility index (Phi) is 6.17. The van der Waals surface area contributed by atoms with Gasteiger partial charge in [-0.25, -0.2) is 0 Å². The van der Waals surface area contributed by atoms with Gasteiger partial charge in [-0.3, -0.25) is 10.3 Å². The standard InChI is InChI=1S/C17H23N5OS/c24-17(18-6-3-7-22-8-10-23-11-9-22)21-20-13-14-12-19-16-5-2-1-4-15(14)16/h1-2,4-5,12-13,19H,3,6-11H2,(H2,18,21,24)/b20-13+. The van der Waals surface area contributed by atoms with E-state index in [1.807, 2.05) is 24.4 Å². The number of morpholine rings is 1. The Balaban J connectivity index is 1.36. The van der Waals surface area contributed by atoms with E-state index in [0.717, 1.165) is 62.3 Å². The van der Waals surface area contributed by atoms with Crippen LogP contribution in [0.1, 0.15) is 12.0 Å². The smallest absolute Gasteiger partial charge is 0.186 e. The van der Waals surface area contributed by atoms with Gasteiger partial charge in [0.15, 0.2) is 5.11 Å². The molecule has 1 aromatic carbocycles. The monoisotopic (exact) mass is 345 g/mol. The summed E-state index contributed by atoms with van der Waals surface area (Å²) in [7, 11) is 0. The van der Waals surface area contributed by atoms with Gasteiger partial charge >= 0.3 is 0 Å². The Labute approximate surface area is 147 Å². The molecule has 0 spiro atoms. The summed E-state index contributed by atoms with van der Waals surface area (Å²) in [4.78, 5) is 5.63. The molecule has 3 rings (SSSR count). The SMILES string of the molecule is S=C(NCCCN1CCOCC1)N/N=C/c1c[nH]c2ccccc12. The highest BCUT2D eigenvalue weighted by Gasteiger charge is 2.09. The molecule has 1 aliphatic heterocycles. The average molecular weight is 345 g/mol. The molecule has 2 heterocycles. The van der Waals surface area contributed by atoms with E-state index in [2.05, 4.69) is 31.8 Å². The summed E-state index contributed by atoms with van der Waals surface area (Å²) >= 11 is 5.24. The second-order valence-corrected chi connectivity index (χ2v) is 6.13. The molecule has 0 aliphatic carbocycles. The molecule has 0 bridgehead atoms. The Morgan fingerprint density at radius 1 is 1.33 bits per heavy atom. The normalized spacial score (nSPS) is 15.8. The molecule has 1 aromatic heterocycles. The fraction of sp³-hybridized carbons (Fsp3) is 0.412. The minimum absolute atomic E-state index is 0.549. The van der Waals surface area contributed by atoms with Crippen molar-refractivity contribution in [3.8, 4) is 0 Å². The Hall–Kier alpha value is -1.96. The molecule has 2 aromatic rings. The van der Waals surface area contributed by atoms with Gasteiger partial charge in [-0.15, -0.1) is 0 Å². The Morgan fingerprint density at radius 3 is 3.04 bits per heavy atom. The van der Waals surface area contributed by atoms with E-state index in [4.69, 9.17) is 17.0 Å². The minimum Gasteiger partial charge on any atom is -0.379 e. The quantitative estimate of drug-likeness (QED) is 0.322. The van der Waals surface area contributed by atoms with E-state index in [-0.39, 0.29) is 0 Å². The number of fused-ring (bicyclic) bond motifs is 1. The molecule has 0 amide bonds. The molecule has 7 heteroatoms. The van der Waals surface area contributed by atoms with Crippen LogP contribution in [0.5, 0.6) is 0 Å². The molecule has 6 nitrogen and oxygen atoms in total. The highest BCUT2D eigenvalue weighted by Crippen LogP contribution is 2.15. The molecule has 0 atom stereocenters. The zero-order valence-electron chi connectivity index (χ0n) is 13.6. The van der Waals surface area contributed by atoms with Crippen molar-refractivity contribution in [2.24, 2.45) is 5.10 Å². The number of aromatic amines is 1. The Bertz CT molecular complexity index is 693. The van der Waals surface area contributed by atoms with Crippen molar-refractivity contribution in [2.45, 2.75) is 6.42 Å². The van der Waals surface area contributed by atoms with E-state index < -0.39 is 0 Å². The number of aromatic nitrogens is 1. The number of H-pyrrole nitrogens is 1. The summed E-state index contributed by atoms with van der Waals surface area (Å²) in [5.41, 5.74) is 5.00. The van der Waals surface area contributed by atoms with Crippen molar-refractivity contribution in [3.63, 3.8) is 0 Å². The van der Waals surface area contributed by atoms with Crippen molar-refractivity contribution >= 4 is 34.4 Å². The van der Waals surface area contributed by atoms with Crippen molar-refractivity contribution in [1.29, 1.82) is 0 Å². The summed E-state index contributed by atoms with van der Waals surface area (Å²) < 4.78 is 5.34. The van der Waals surface area contributed by atoms with Crippen molar-refractivity contribution < 1.29 is 4.74 Å². The molecular formula is C17H23N5OS. The number of benzene rings is 1. The van der Waals surface area contributed by atoms with Gasteiger partial charge in [0, 0.05) is 42.3 Å². The number of para-hydroxylation sites is 1. The van der Waals surface area contributed by atoms with Gasteiger partial charge in [-0.2, -0.15) is 5.10 Å². The second kappa shape index (κ2) is 8.77. The van der Waals surface area contributed by atoms with Gasteiger partial charge in [0.2, 0.25) is 0 Å². The fourth-order valence-electron chi connectivity index (χ4n) is 2.73. The lowest BCUT2D eigenvalue weighted by Gasteiger charge is -2.26. The number of rotatable bonds is 6. The van der Waals surface area contributed by atoms with Crippen LogP contribution in [0.2, 0.25) is 0 Å². The number of hydrogen-bond acceptors (Lipinski definition) is 4. The first kappa shape index (κ1) is 16.9. The van der Waals surface area contributed by atoms with Crippen molar-refractivity contribution in [1.82, 2.24) is 20.6 Å². The number of nitrogens with one attached hydrogen (secondary N) is 3. The van der Waals surface area contributed by atoms with E-state index in [1.54, 1.807) is 6.21 Å². The van der Waals surface area contributed by atoms with Crippen LogP contribution in [0.4, 0.5) is 0 Å². The maximum Gasteiger partial charge on any atom is 0.186 e. The molecule has 24 heavy (non-hydrogen) atoms. The predicted molar refractivity (Wildman–Crippen MR) is 102 cm³/mol. The van der Waals surface area contributed by atoms with Crippen molar-refractivity contribution in [3.05, 3.63) is 36.0 Å². The third kappa shape index (κ3) is 4.77. The van der Waals surface area contributed by atoms with Gasteiger partial charge in [-0.05, 0) is 31.2 Å². The first-order valence-electron chi connectivity index (χ1n) is 8.26. The molecule has 3 N–H and O–H groups in total. The molecular weight excluding hydrogens is 322 g/mol. The molecule has 1 aliphatic rings. The van der Waals surface area contributed by atoms with Gasteiger partial charge in [-0.1, -0.05) is 18.2 Å². The van der Waals surface area contributed by atoms with Gasteiger partial charge < -0.3 is 15.0 Å².